The highest BCUT2D eigenvalue weighted by Gasteiger charge is 2.35. The molecule has 0 saturated heterocycles. The molecule has 3 atom stereocenters. The molecule has 7 heteroatoms. The average Bonchev–Trinajstić information content (AvgIpc) is 3.15. The normalized spacial score (nSPS) is 20.2. The molecular weight excluding hydrogens is 432 g/mol. The molecule has 1 saturated carbocycles. The fourth-order valence-corrected chi connectivity index (χ4v) is 5.17. The Morgan fingerprint density at radius 1 is 0.971 bits per heavy atom. The van der Waals surface area contributed by atoms with Crippen LogP contribution in [-0.2, 0) is 14.3 Å². The molecule has 2 aliphatic carbocycles. The van der Waals surface area contributed by atoms with Crippen LogP contribution < -0.4 is 10.6 Å². The summed E-state index contributed by atoms with van der Waals surface area (Å²) in [5, 5.41) is 15.1. The van der Waals surface area contributed by atoms with E-state index < -0.39 is 30.1 Å². The number of carbonyl (C=O) groups excluding carboxylic acids is 2. The first-order valence-corrected chi connectivity index (χ1v) is 12.0. The van der Waals surface area contributed by atoms with Crippen molar-refractivity contribution in [2.24, 2.45) is 11.8 Å². The Bertz CT molecular complexity index is 1020. The van der Waals surface area contributed by atoms with Gasteiger partial charge < -0.3 is 20.5 Å². The number of carboxylic acid groups (broad SMARTS) is 1. The van der Waals surface area contributed by atoms with E-state index in [0.717, 1.165) is 35.1 Å². The fourth-order valence-electron chi connectivity index (χ4n) is 5.17. The van der Waals surface area contributed by atoms with Gasteiger partial charge in [0.25, 0.3) is 0 Å². The van der Waals surface area contributed by atoms with Crippen LogP contribution in [-0.4, -0.2) is 41.8 Å². The first kappa shape index (κ1) is 23.8. The van der Waals surface area contributed by atoms with E-state index in [1.165, 1.54) is 0 Å². The number of benzene rings is 2. The number of fused-ring (bicyclic) bond motifs is 3. The summed E-state index contributed by atoms with van der Waals surface area (Å²) in [7, 11) is 0. The van der Waals surface area contributed by atoms with E-state index in [1.54, 1.807) is 0 Å². The van der Waals surface area contributed by atoms with Gasteiger partial charge >= 0.3 is 12.1 Å². The van der Waals surface area contributed by atoms with Gasteiger partial charge in [-0.05, 0) is 41.0 Å². The monoisotopic (exact) mass is 464 g/mol. The maximum atomic E-state index is 13.0. The molecule has 3 N–H and O–H groups in total. The minimum Gasteiger partial charge on any atom is -0.481 e. The summed E-state index contributed by atoms with van der Waals surface area (Å²) in [5.41, 5.74) is 4.53. The number of hydrogen-bond acceptors (Lipinski definition) is 4. The molecule has 7 nitrogen and oxygen atoms in total. The lowest BCUT2D eigenvalue weighted by Crippen LogP contribution is -2.54. The Hall–Kier alpha value is -3.35. The molecule has 2 amide bonds. The van der Waals surface area contributed by atoms with Gasteiger partial charge in [-0.1, -0.05) is 75.2 Å². The van der Waals surface area contributed by atoms with Gasteiger partial charge in [0.05, 0.1) is 5.92 Å². The van der Waals surface area contributed by atoms with E-state index in [9.17, 15) is 19.5 Å². The SMILES string of the molecule is CC(C)[C@@H](NC(=O)OCC1c2ccccc2-c2ccccc21)C(=O)NC1CCCCC1C(=O)O. The molecule has 0 aromatic heterocycles. The summed E-state index contributed by atoms with van der Waals surface area (Å²) in [6, 6.07) is 15.0. The molecule has 0 heterocycles. The number of rotatable bonds is 7. The van der Waals surface area contributed by atoms with Crippen molar-refractivity contribution >= 4 is 18.0 Å². The standard InChI is InChI=1S/C27H32N2O5/c1-16(2)24(25(30)28-23-14-8-7-13-21(23)26(31)32)29-27(33)34-15-22-19-11-5-3-9-17(19)18-10-4-6-12-20(18)22/h3-6,9-12,16,21-24H,7-8,13-15H2,1-2H3,(H,28,30)(H,29,33)(H,31,32)/t21?,23?,24-/m1/s1. The smallest absolute Gasteiger partial charge is 0.407 e. The summed E-state index contributed by atoms with van der Waals surface area (Å²) < 4.78 is 5.60. The number of amides is 2. The van der Waals surface area contributed by atoms with Crippen molar-refractivity contribution in [3.8, 4) is 11.1 Å². The van der Waals surface area contributed by atoms with E-state index in [2.05, 4.69) is 34.9 Å². The zero-order chi connectivity index (χ0) is 24.2. The molecule has 4 rings (SSSR count). The molecule has 2 unspecified atom stereocenters. The highest BCUT2D eigenvalue weighted by molar-refractivity contribution is 5.87. The second kappa shape index (κ2) is 10.3. The van der Waals surface area contributed by atoms with E-state index in [4.69, 9.17) is 4.74 Å². The minimum absolute atomic E-state index is 0.0666. The Kier molecular flexibility index (Phi) is 7.20. The van der Waals surface area contributed by atoms with Crippen LogP contribution in [0.5, 0.6) is 0 Å². The third kappa shape index (κ3) is 4.93. The second-order valence-corrected chi connectivity index (χ2v) is 9.54. The van der Waals surface area contributed by atoms with Crippen LogP contribution >= 0.6 is 0 Å². The van der Waals surface area contributed by atoms with Crippen LogP contribution in [0.4, 0.5) is 4.79 Å². The van der Waals surface area contributed by atoms with Crippen LogP contribution in [0.1, 0.15) is 56.6 Å². The number of carboxylic acids is 1. The molecule has 2 aromatic rings. The van der Waals surface area contributed by atoms with E-state index >= 15 is 0 Å². The van der Waals surface area contributed by atoms with Gasteiger partial charge in [-0.15, -0.1) is 0 Å². The maximum Gasteiger partial charge on any atom is 0.407 e. The predicted octanol–water partition coefficient (Wildman–Crippen LogP) is 4.31. The van der Waals surface area contributed by atoms with Crippen molar-refractivity contribution in [3.63, 3.8) is 0 Å². The number of alkyl carbamates (subject to hydrolysis) is 1. The van der Waals surface area contributed by atoms with E-state index in [-0.39, 0.29) is 24.3 Å². The lowest BCUT2D eigenvalue weighted by molar-refractivity contribution is -0.144. The first-order chi connectivity index (χ1) is 16.4. The lowest BCUT2D eigenvalue weighted by atomic mass is 9.84. The van der Waals surface area contributed by atoms with Crippen molar-refractivity contribution in [1.29, 1.82) is 0 Å². The third-order valence-electron chi connectivity index (χ3n) is 6.98. The average molecular weight is 465 g/mol. The Morgan fingerprint density at radius 3 is 2.15 bits per heavy atom. The summed E-state index contributed by atoms with van der Waals surface area (Å²) in [5.74, 6) is -2.12. The van der Waals surface area contributed by atoms with Crippen LogP contribution in [0.15, 0.2) is 48.5 Å². The summed E-state index contributed by atoms with van der Waals surface area (Å²) in [4.78, 5) is 37.2. The van der Waals surface area contributed by atoms with Crippen LogP contribution in [0.3, 0.4) is 0 Å². The number of carbonyl (C=O) groups is 3. The summed E-state index contributed by atoms with van der Waals surface area (Å²) in [6.07, 6.45) is 2.23. The quantitative estimate of drug-likeness (QED) is 0.566. The van der Waals surface area contributed by atoms with Crippen LogP contribution in [0.2, 0.25) is 0 Å². The molecule has 2 aromatic carbocycles. The van der Waals surface area contributed by atoms with E-state index in [0.29, 0.717) is 12.8 Å². The van der Waals surface area contributed by atoms with Gasteiger partial charge in [-0.2, -0.15) is 0 Å². The van der Waals surface area contributed by atoms with Gasteiger partial charge in [0.2, 0.25) is 5.91 Å². The number of ether oxygens (including phenoxy) is 1. The highest BCUT2D eigenvalue weighted by atomic mass is 16.5. The van der Waals surface area contributed by atoms with Crippen molar-refractivity contribution < 1.29 is 24.2 Å². The minimum atomic E-state index is -0.893. The van der Waals surface area contributed by atoms with Crippen LogP contribution in [0, 0.1) is 11.8 Å². The summed E-state index contributed by atoms with van der Waals surface area (Å²) >= 11 is 0. The Labute approximate surface area is 199 Å². The van der Waals surface area contributed by atoms with E-state index in [1.807, 2.05) is 38.1 Å². The highest BCUT2D eigenvalue weighted by Crippen LogP contribution is 2.44. The van der Waals surface area contributed by atoms with Gasteiger partial charge in [-0.3, -0.25) is 9.59 Å². The molecule has 0 bridgehead atoms. The Morgan fingerprint density at radius 2 is 1.56 bits per heavy atom. The summed E-state index contributed by atoms with van der Waals surface area (Å²) in [6.45, 7) is 3.84. The first-order valence-electron chi connectivity index (χ1n) is 12.0. The third-order valence-corrected chi connectivity index (χ3v) is 6.98. The van der Waals surface area contributed by atoms with Gasteiger partial charge in [0, 0.05) is 12.0 Å². The zero-order valence-corrected chi connectivity index (χ0v) is 19.6. The molecule has 2 aliphatic rings. The fraction of sp³-hybridized carbons (Fsp3) is 0.444. The molecule has 0 radical (unpaired) electrons. The zero-order valence-electron chi connectivity index (χ0n) is 19.6. The van der Waals surface area contributed by atoms with Gasteiger partial charge in [-0.25, -0.2) is 4.79 Å². The lowest BCUT2D eigenvalue weighted by Gasteiger charge is -2.31. The topological polar surface area (TPSA) is 105 Å². The van der Waals surface area contributed by atoms with Crippen molar-refractivity contribution in [3.05, 3.63) is 59.7 Å². The molecule has 0 aliphatic heterocycles. The largest absolute Gasteiger partial charge is 0.481 e. The second-order valence-electron chi connectivity index (χ2n) is 9.54. The molecule has 1 fully saturated rings. The van der Waals surface area contributed by atoms with Crippen molar-refractivity contribution in [2.45, 2.75) is 57.5 Å². The van der Waals surface area contributed by atoms with Gasteiger partial charge in [0.15, 0.2) is 0 Å². The number of aliphatic carboxylic acids is 1. The molecule has 180 valence electrons. The Balaban J connectivity index is 1.39. The number of hydrogen-bond donors (Lipinski definition) is 3. The molecule has 0 spiro atoms. The van der Waals surface area contributed by atoms with Gasteiger partial charge in [0.1, 0.15) is 12.6 Å². The van der Waals surface area contributed by atoms with Crippen molar-refractivity contribution in [1.82, 2.24) is 10.6 Å². The molecule has 34 heavy (non-hydrogen) atoms. The van der Waals surface area contributed by atoms with Crippen molar-refractivity contribution in [2.75, 3.05) is 6.61 Å². The maximum absolute atomic E-state index is 13.0. The van der Waals surface area contributed by atoms with Crippen LogP contribution in [0.25, 0.3) is 11.1 Å². The number of nitrogens with one attached hydrogen (secondary N) is 2. The predicted molar refractivity (Wildman–Crippen MR) is 128 cm³/mol. The molecular formula is C27H32N2O5.